The number of benzene rings is 2. The van der Waals surface area contributed by atoms with E-state index in [0.29, 0.717) is 13.0 Å². The molecule has 4 nitrogen and oxygen atoms in total. The molecule has 4 heteroatoms. The average Bonchev–Trinajstić information content (AvgIpc) is 2.76. The third kappa shape index (κ3) is 9.03. The molecule has 158 valence electrons. The van der Waals surface area contributed by atoms with Crippen LogP contribution in [0.25, 0.3) is 0 Å². The maximum absolute atomic E-state index is 12.0. The number of nitrogens with one attached hydrogen (secondary N) is 1. The molecule has 1 amide bonds. The number of rotatable bonds is 14. The van der Waals surface area contributed by atoms with Crippen LogP contribution < -0.4 is 14.8 Å². The quantitative estimate of drug-likeness (QED) is 0.438. The third-order valence-corrected chi connectivity index (χ3v) is 5.15. The predicted molar refractivity (Wildman–Crippen MR) is 119 cm³/mol. The van der Waals surface area contributed by atoms with E-state index in [0.717, 1.165) is 36.3 Å². The first kappa shape index (κ1) is 22.8. The normalized spacial score (nSPS) is 10.6. The molecule has 0 fully saturated rings. The van der Waals surface area contributed by atoms with Gasteiger partial charge in [0.15, 0.2) is 11.5 Å². The lowest BCUT2D eigenvalue weighted by Crippen LogP contribution is -2.25. The van der Waals surface area contributed by atoms with Crippen molar-refractivity contribution in [2.75, 3.05) is 20.8 Å². The summed E-state index contributed by atoms with van der Waals surface area (Å²) in [6.45, 7) is 0.647. The molecule has 0 saturated heterocycles. The van der Waals surface area contributed by atoms with Crippen molar-refractivity contribution in [3.63, 3.8) is 0 Å². The van der Waals surface area contributed by atoms with Crippen LogP contribution in [0.4, 0.5) is 0 Å². The topological polar surface area (TPSA) is 47.6 Å². The zero-order valence-corrected chi connectivity index (χ0v) is 17.9. The Bertz CT molecular complexity index is 715. The fraction of sp³-hybridized carbons (Fsp3) is 0.480. The van der Waals surface area contributed by atoms with Crippen LogP contribution in [-0.4, -0.2) is 26.7 Å². The summed E-state index contributed by atoms with van der Waals surface area (Å²) in [5.41, 5.74) is 2.55. The largest absolute Gasteiger partial charge is 0.493 e. The molecule has 0 bridgehead atoms. The van der Waals surface area contributed by atoms with E-state index in [2.05, 4.69) is 35.6 Å². The standard InChI is InChI=1S/C25H35NO3/c1-28-23-17-16-22(20-24(23)29-2)18-19-26-25(27)15-11-6-4-3-5-8-12-21-13-9-7-10-14-21/h7,9-10,13-14,16-17,20H,3-6,8,11-12,15,18-19H2,1-2H3,(H,26,27). The molecule has 0 unspecified atom stereocenters. The first-order chi connectivity index (χ1) is 14.2. The Balaban J connectivity index is 1.47. The van der Waals surface area contributed by atoms with Crippen LogP contribution in [0.1, 0.15) is 56.1 Å². The van der Waals surface area contributed by atoms with Crippen molar-refractivity contribution < 1.29 is 14.3 Å². The molecule has 29 heavy (non-hydrogen) atoms. The number of hydrogen-bond donors (Lipinski definition) is 1. The van der Waals surface area contributed by atoms with Gasteiger partial charge in [-0.1, -0.05) is 62.1 Å². The maximum atomic E-state index is 12.0. The highest BCUT2D eigenvalue weighted by Crippen LogP contribution is 2.27. The van der Waals surface area contributed by atoms with Crippen LogP contribution in [0.5, 0.6) is 11.5 Å². The molecule has 0 aliphatic rings. The highest BCUT2D eigenvalue weighted by molar-refractivity contribution is 5.75. The lowest BCUT2D eigenvalue weighted by molar-refractivity contribution is -0.121. The van der Waals surface area contributed by atoms with Crippen molar-refractivity contribution in [1.29, 1.82) is 0 Å². The Kier molecular flexibility index (Phi) is 10.7. The number of unbranched alkanes of at least 4 members (excludes halogenated alkanes) is 5. The minimum Gasteiger partial charge on any atom is -0.493 e. The van der Waals surface area contributed by atoms with Gasteiger partial charge in [0.25, 0.3) is 0 Å². The van der Waals surface area contributed by atoms with Crippen molar-refractivity contribution in [3.05, 3.63) is 59.7 Å². The molecule has 2 rings (SSSR count). The zero-order chi connectivity index (χ0) is 20.7. The van der Waals surface area contributed by atoms with Gasteiger partial charge in [-0.15, -0.1) is 0 Å². The van der Waals surface area contributed by atoms with Crippen LogP contribution in [0.3, 0.4) is 0 Å². The van der Waals surface area contributed by atoms with Crippen molar-refractivity contribution in [2.24, 2.45) is 0 Å². The molecule has 0 heterocycles. The molecule has 0 aliphatic carbocycles. The summed E-state index contributed by atoms with van der Waals surface area (Å²) in [6.07, 6.45) is 9.68. The highest BCUT2D eigenvalue weighted by Gasteiger charge is 2.05. The average molecular weight is 398 g/mol. The number of methoxy groups -OCH3 is 2. The molecule has 1 N–H and O–H groups in total. The zero-order valence-electron chi connectivity index (χ0n) is 17.9. The van der Waals surface area contributed by atoms with Crippen molar-refractivity contribution >= 4 is 5.91 Å². The van der Waals surface area contributed by atoms with E-state index in [-0.39, 0.29) is 5.91 Å². The maximum Gasteiger partial charge on any atom is 0.220 e. The molecule has 0 aromatic heterocycles. The third-order valence-electron chi connectivity index (χ3n) is 5.15. The Morgan fingerprint density at radius 3 is 2.17 bits per heavy atom. The van der Waals surface area contributed by atoms with Gasteiger partial charge in [-0.2, -0.15) is 0 Å². The number of amides is 1. The van der Waals surface area contributed by atoms with Crippen LogP contribution >= 0.6 is 0 Å². The first-order valence-electron chi connectivity index (χ1n) is 10.7. The van der Waals surface area contributed by atoms with Crippen LogP contribution in [-0.2, 0) is 17.6 Å². The highest BCUT2D eigenvalue weighted by atomic mass is 16.5. The number of ether oxygens (including phenoxy) is 2. The lowest BCUT2D eigenvalue weighted by atomic mass is 10.0. The summed E-state index contributed by atoms with van der Waals surface area (Å²) in [5, 5.41) is 3.02. The van der Waals surface area contributed by atoms with Gasteiger partial charge in [-0.05, 0) is 48.9 Å². The Hall–Kier alpha value is -2.49. The van der Waals surface area contributed by atoms with Gasteiger partial charge in [-0.3, -0.25) is 4.79 Å². The number of carbonyl (C=O) groups excluding carboxylic acids is 1. The van der Waals surface area contributed by atoms with Crippen molar-refractivity contribution in [3.8, 4) is 11.5 Å². The molecular weight excluding hydrogens is 362 g/mol. The summed E-state index contributed by atoms with van der Waals surface area (Å²) in [4.78, 5) is 12.0. The van der Waals surface area contributed by atoms with Gasteiger partial charge in [-0.25, -0.2) is 0 Å². The summed E-state index contributed by atoms with van der Waals surface area (Å²) >= 11 is 0. The second-order valence-corrected chi connectivity index (χ2v) is 7.40. The Labute approximate surface area is 175 Å². The van der Waals surface area contributed by atoms with E-state index in [1.54, 1.807) is 14.2 Å². The van der Waals surface area contributed by atoms with E-state index < -0.39 is 0 Å². The van der Waals surface area contributed by atoms with E-state index >= 15 is 0 Å². The second-order valence-electron chi connectivity index (χ2n) is 7.40. The van der Waals surface area contributed by atoms with E-state index in [9.17, 15) is 4.79 Å². The van der Waals surface area contributed by atoms with E-state index in [4.69, 9.17) is 9.47 Å². The number of aryl methyl sites for hydroxylation is 1. The number of hydrogen-bond acceptors (Lipinski definition) is 3. The lowest BCUT2D eigenvalue weighted by Gasteiger charge is -2.10. The van der Waals surface area contributed by atoms with Crippen molar-refractivity contribution in [2.45, 2.75) is 57.8 Å². The second kappa shape index (κ2) is 13.6. The summed E-state index contributed by atoms with van der Waals surface area (Å²) in [5.74, 6) is 1.59. The van der Waals surface area contributed by atoms with Gasteiger partial charge in [0.2, 0.25) is 5.91 Å². The molecule has 0 spiro atoms. The minimum absolute atomic E-state index is 0.148. The Morgan fingerprint density at radius 2 is 1.45 bits per heavy atom. The van der Waals surface area contributed by atoms with Gasteiger partial charge in [0.05, 0.1) is 14.2 Å². The fourth-order valence-electron chi connectivity index (χ4n) is 3.44. The van der Waals surface area contributed by atoms with Gasteiger partial charge >= 0.3 is 0 Å². The predicted octanol–water partition coefficient (Wildman–Crippen LogP) is 5.34. The molecule has 0 aliphatic heterocycles. The van der Waals surface area contributed by atoms with Gasteiger partial charge < -0.3 is 14.8 Å². The van der Waals surface area contributed by atoms with Gasteiger partial charge in [0.1, 0.15) is 0 Å². The number of carbonyl (C=O) groups is 1. The van der Waals surface area contributed by atoms with Crippen LogP contribution in [0.2, 0.25) is 0 Å². The molecule has 2 aromatic carbocycles. The molecular formula is C25H35NO3. The summed E-state index contributed by atoms with van der Waals surface area (Å²) in [7, 11) is 3.26. The SMILES string of the molecule is COc1ccc(CCNC(=O)CCCCCCCCc2ccccc2)cc1OC. The summed E-state index contributed by atoms with van der Waals surface area (Å²) < 4.78 is 10.6. The fourth-order valence-corrected chi connectivity index (χ4v) is 3.44. The smallest absolute Gasteiger partial charge is 0.220 e. The van der Waals surface area contributed by atoms with E-state index in [1.807, 2.05) is 18.2 Å². The monoisotopic (exact) mass is 397 g/mol. The van der Waals surface area contributed by atoms with Crippen molar-refractivity contribution in [1.82, 2.24) is 5.32 Å². The summed E-state index contributed by atoms with van der Waals surface area (Å²) in [6, 6.07) is 16.5. The van der Waals surface area contributed by atoms with Crippen LogP contribution in [0, 0.1) is 0 Å². The van der Waals surface area contributed by atoms with E-state index in [1.165, 1.54) is 37.7 Å². The molecule has 0 atom stereocenters. The Morgan fingerprint density at radius 1 is 0.759 bits per heavy atom. The molecule has 0 radical (unpaired) electrons. The van der Waals surface area contributed by atoms with Crippen LogP contribution in [0.15, 0.2) is 48.5 Å². The molecule has 2 aromatic rings. The molecule has 0 saturated carbocycles. The van der Waals surface area contributed by atoms with Gasteiger partial charge in [0, 0.05) is 13.0 Å². The first-order valence-corrected chi connectivity index (χ1v) is 10.7. The minimum atomic E-state index is 0.148.